The topological polar surface area (TPSA) is 89.1 Å². The molecule has 5 rings (SSSR count). The second-order valence-electron chi connectivity index (χ2n) is 8.14. The van der Waals surface area contributed by atoms with Crippen LogP contribution in [0.15, 0.2) is 36.5 Å². The molecule has 2 aromatic heterocycles. The molecule has 0 spiro atoms. The van der Waals surface area contributed by atoms with Crippen LogP contribution >= 0.6 is 0 Å². The van der Waals surface area contributed by atoms with Crippen molar-refractivity contribution in [3.63, 3.8) is 0 Å². The van der Waals surface area contributed by atoms with Crippen LogP contribution in [-0.4, -0.2) is 27.3 Å². The van der Waals surface area contributed by atoms with Crippen molar-refractivity contribution in [2.24, 2.45) is 7.05 Å². The molecule has 7 nitrogen and oxygen atoms in total. The molecule has 4 aromatic rings. The normalized spacial score (nSPS) is 13.4. The highest BCUT2D eigenvalue weighted by atomic mass is 19.4. The van der Waals surface area contributed by atoms with Crippen LogP contribution in [0, 0.1) is 17.5 Å². The Morgan fingerprint density at radius 1 is 1.11 bits per heavy atom. The molecule has 0 saturated carbocycles. The van der Waals surface area contributed by atoms with E-state index in [9.17, 15) is 26.7 Å². The van der Waals surface area contributed by atoms with Crippen LogP contribution in [0.4, 0.5) is 48.3 Å². The van der Waals surface area contributed by atoms with Gasteiger partial charge in [0.15, 0.2) is 5.82 Å². The van der Waals surface area contributed by atoms with E-state index in [-0.39, 0.29) is 52.2 Å². The number of nitrogens with zero attached hydrogens (tertiary/aromatic N) is 4. The van der Waals surface area contributed by atoms with E-state index in [4.69, 9.17) is 5.73 Å². The van der Waals surface area contributed by atoms with Crippen molar-refractivity contribution in [2.45, 2.75) is 12.6 Å². The van der Waals surface area contributed by atoms with Crippen molar-refractivity contribution in [3.8, 4) is 11.3 Å². The summed E-state index contributed by atoms with van der Waals surface area (Å²) in [5.41, 5.74) is 4.51. The zero-order chi connectivity index (χ0) is 25.9. The van der Waals surface area contributed by atoms with E-state index in [1.807, 2.05) is 0 Å². The summed E-state index contributed by atoms with van der Waals surface area (Å²) in [6, 6.07) is 3.46. The molecule has 1 aliphatic rings. The van der Waals surface area contributed by atoms with Crippen LogP contribution in [-0.2, 0) is 19.6 Å². The molecular weight excluding hydrogens is 490 g/mol. The highest BCUT2D eigenvalue weighted by Crippen LogP contribution is 2.39. The lowest BCUT2D eigenvalue weighted by Crippen LogP contribution is -2.33. The maximum Gasteiger partial charge on any atom is 0.416 e. The van der Waals surface area contributed by atoms with Crippen molar-refractivity contribution in [2.75, 3.05) is 22.5 Å². The zero-order valence-corrected chi connectivity index (χ0v) is 18.4. The summed E-state index contributed by atoms with van der Waals surface area (Å²) >= 11 is 0. The lowest BCUT2D eigenvalue weighted by atomic mass is 10.0. The van der Waals surface area contributed by atoms with Gasteiger partial charge < -0.3 is 11.1 Å². The standard InChI is InChI=1S/C23H16F6N6O/c1-34-20-14(25)9-31-21(30)17(20)19(33-34)12-3-5-16-11(18(12)26)6-7-35(16)22(36)32-15-8-10(23(27,28)29)2-4-13(15)24/h2-5,8-9H,6-7H2,1H3,(H2,30,31)(H,32,36). The number of halogens is 6. The molecule has 0 unspecified atom stereocenters. The number of nitrogens with two attached hydrogens (primary N) is 1. The Morgan fingerprint density at radius 2 is 1.86 bits per heavy atom. The number of urea groups is 1. The number of carbonyl (C=O) groups excluding carboxylic acids is 1. The summed E-state index contributed by atoms with van der Waals surface area (Å²) in [5.74, 6) is -2.51. The molecule has 2 aromatic carbocycles. The molecule has 36 heavy (non-hydrogen) atoms. The number of aryl methyl sites for hydroxylation is 1. The summed E-state index contributed by atoms with van der Waals surface area (Å²) in [7, 11) is 1.47. The van der Waals surface area contributed by atoms with E-state index < -0.39 is 40.9 Å². The van der Waals surface area contributed by atoms with Gasteiger partial charge in [-0.15, -0.1) is 0 Å². The molecule has 1 aliphatic heterocycles. The third-order valence-electron chi connectivity index (χ3n) is 5.98. The number of aromatic nitrogens is 3. The molecule has 13 heteroatoms. The number of amides is 2. The molecule has 0 fully saturated rings. The van der Waals surface area contributed by atoms with Crippen molar-refractivity contribution in [1.29, 1.82) is 0 Å². The summed E-state index contributed by atoms with van der Waals surface area (Å²) in [6.07, 6.45) is -3.73. The zero-order valence-electron chi connectivity index (χ0n) is 18.4. The van der Waals surface area contributed by atoms with Crippen LogP contribution in [0.3, 0.4) is 0 Å². The van der Waals surface area contributed by atoms with Gasteiger partial charge in [0.2, 0.25) is 0 Å². The van der Waals surface area contributed by atoms with E-state index in [2.05, 4.69) is 15.4 Å². The maximum absolute atomic E-state index is 15.6. The molecular formula is C23H16F6N6O. The Kier molecular flexibility index (Phi) is 5.30. The first kappa shape index (κ1) is 23.5. The molecule has 3 heterocycles. The van der Waals surface area contributed by atoms with Gasteiger partial charge in [-0.2, -0.15) is 18.3 Å². The largest absolute Gasteiger partial charge is 0.416 e. The second kappa shape index (κ2) is 8.14. The van der Waals surface area contributed by atoms with Gasteiger partial charge in [-0.25, -0.2) is 22.9 Å². The van der Waals surface area contributed by atoms with Gasteiger partial charge >= 0.3 is 12.2 Å². The number of rotatable bonds is 2. The van der Waals surface area contributed by atoms with Gasteiger partial charge in [-0.05, 0) is 36.8 Å². The third kappa shape index (κ3) is 3.67. The monoisotopic (exact) mass is 506 g/mol. The van der Waals surface area contributed by atoms with Crippen LogP contribution in [0.1, 0.15) is 11.1 Å². The van der Waals surface area contributed by atoms with E-state index in [1.54, 1.807) is 0 Å². The summed E-state index contributed by atoms with van der Waals surface area (Å²) < 4.78 is 84.1. The number of hydrogen-bond acceptors (Lipinski definition) is 4. The van der Waals surface area contributed by atoms with E-state index in [0.29, 0.717) is 18.2 Å². The van der Waals surface area contributed by atoms with Gasteiger partial charge in [-0.3, -0.25) is 9.58 Å². The molecule has 0 saturated heterocycles. The maximum atomic E-state index is 15.6. The Bertz CT molecular complexity index is 1550. The summed E-state index contributed by atoms with van der Waals surface area (Å²) in [6.45, 7) is -0.0105. The summed E-state index contributed by atoms with van der Waals surface area (Å²) in [5, 5.41) is 6.45. The van der Waals surface area contributed by atoms with Crippen LogP contribution in [0.2, 0.25) is 0 Å². The Balaban J connectivity index is 1.50. The second-order valence-corrected chi connectivity index (χ2v) is 8.14. The van der Waals surface area contributed by atoms with E-state index in [1.165, 1.54) is 23.9 Å². The van der Waals surface area contributed by atoms with Crippen LogP contribution < -0.4 is 16.0 Å². The molecule has 3 N–H and O–H groups in total. The number of benzene rings is 2. The number of fused-ring (bicyclic) bond motifs is 2. The smallest absolute Gasteiger partial charge is 0.383 e. The van der Waals surface area contributed by atoms with Crippen molar-refractivity contribution in [1.82, 2.24) is 14.8 Å². The van der Waals surface area contributed by atoms with E-state index >= 15 is 4.39 Å². The quantitative estimate of drug-likeness (QED) is 0.364. The predicted octanol–water partition coefficient (Wildman–Crippen LogP) is 5.25. The minimum absolute atomic E-state index is 0.00429. The van der Waals surface area contributed by atoms with Gasteiger partial charge in [0.25, 0.3) is 0 Å². The highest BCUT2D eigenvalue weighted by Gasteiger charge is 2.33. The van der Waals surface area contributed by atoms with Crippen molar-refractivity contribution in [3.05, 3.63) is 65.1 Å². The van der Waals surface area contributed by atoms with Gasteiger partial charge in [0.05, 0.1) is 28.5 Å². The highest BCUT2D eigenvalue weighted by molar-refractivity contribution is 6.04. The molecule has 2 amide bonds. The molecule has 186 valence electrons. The number of nitrogen functional groups attached to an aromatic ring is 1. The molecule has 0 aliphatic carbocycles. The lowest BCUT2D eigenvalue weighted by Gasteiger charge is -2.19. The fraction of sp³-hybridized carbons (Fsp3) is 0.174. The number of hydrogen-bond donors (Lipinski definition) is 2. The average Bonchev–Trinajstić information content (AvgIpc) is 3.40. The SMILES string of the molecule is Cn1nc(-c2ccc3c(c2F)CCN3C(=O)Nc2cc(C(F)(F)F)ccc2F)c2c(N)ncc(F)c21. The number of alkyl halides is 3. The number of pyridine rings is 1. The third-order valence-corrected chi connectivity index (χ3v) is 5.98. The fourth-order valence-corrected chi connectivity index (χ4v) is 4.30. The first-order valence-corrected chi connectivity index (χ1v) is 10.5. The van der Waals surface area contributed by atoms with E-state index in [0.717, 1.165) is 11.1 Å². The first-order chi connectivity index (χ1) is 17.0. The lowest BCUT2D eigenvalue weighted by molar-refractivity contribution is -0.137. The Labute approximate surface area is 199 Å². The van der Waals surface area contributed by atoms with Gasteiger partial charge in [0, 0.05) is 24.7 Å². The van der Waals surface area contributed by atoms with Gasteiger partial charge in [0.1, 0.15) is 28.7 Å². The average molecular weight is 506 g/mol. The molecule has 0 bridgehead atoms. The van der Waals surface area contributed by atoms with Crippen molar-refractivity contribution >= 4 is 34.1 Å². The number of carbonyl (C=O) groups is 1. The van der Waals surface area contributed by atoms with Crippen LogP contribution in [0.5, 0.6) is 0 Å². The van der Waals surface area contributed by atoms with Gasteiger partial charge in [-0.1, -0.05) is 0 Å². The Hall–Kier alpha value is -4.29. The summed E-state index contributed by atoms with van der Waals surface area (Å²) in [4.78, 5) is 17.6. The predicted molar refractivity (Wildman–Crippen MR) is 120 cm³/mol. The minimum atomic E-state index is -4.73. The molecule has 0 atom stereocenters. The fourth-order valence-electron chi connectivity index (χ4n) is 4.30. The van der Waals surface area contributed by atoms with Crippen LogP contribution in [0.25, 0.3) is 22.2 Å². The number of nitrogens with one attached hydrogen (secondary N) is 1. The Morgan fingerprint density at radius 3 is 2.58 bits per heavy atom. The molecule has 0 radical (unpaired) electrons. The van der Waals surface area contributed by atoms with Crippen molar-refractivity contribution < 1.29 is 31.1 Å². The number of anilines is 3. The minimum Gasteiger partial charge on any atom is -0.383 e. The first-order valence-electron chi connectivity index (χ1n) is 10.5.